The largest absolute Gasteiger partial charge is 0.508 e. The van der Waals surface area contributed by atoms with Crippen molar-refractivity contribution in [2.24, 2.45) is 11.5 Å². The van der Waals surface area contributed by atoms with E-state index in [-0.39, 0.29) is 24.6 Å². The molecular weight excluding hydrogens is 314 g/mol. The lowest BCUT2D eigenvalue weighted by Gasteiger charge is -2.18. The van der Waals surface area contributed by atoms with Crippen molar-refractivity contribution in [2.45, 2.75) is 31.3 Å². The Labute approximate surface area is 139 Å². The summed E-state index contributed by atoms with van der Waals surface area (Å²) in [6.07, 6.45) is 0.835. The second kappa shape index (κ2) is 9.36. The minimum Gasteiger partial charge on any atom is -0.508 e. The molecular formula is C15H23N5O4. The average Bonchev–Trinajstić information content (AvgIpc) is 2.51. The van der Waals surface area contributed by atoms with Crippen molar-refractivity contribution < 1.29 is 19.8 Å². The third kappa shape index (κ3) is 6.97. The lowest BCUT2D eigenvalue weighted by atomic mass is 10.0. The fourth-order valence-electron chi connectivity index (χ4n) is 2.04. The van der Waals surface area contributed by atoms with Gasteiger partial charge in [0.05, 0.1) is 6.04 Å². The Kier molecular flexibility index (Phi) is 7.50. The van der Waals surface area contributed by atoms with E-state index in [1.165, 1.54) is 12.1 Å². The first-order chi connectivity index (χ1) is 11.3. The molecule has 0 aliphatic rings. The number of carbonyl (C=O) groups is 2. The van der Waals surface area contributed by atoms with Gasteiger partial charge in [0.15, 0.2) is 5.96 Å². The summed E-state index contributed by atoms with van der Waals surface area (Å²) in [7, 11) is 0. The van der Waals surface area contributed by atoms with Gasteiger partial charge in [0, 0.05) is 6.54 Å². The Balaban J connectivity index is 2.49. The van der Waals surface area contributed by atoms with Gasteiger partial charge in [-0.2, -0.15) is 0 Å². The summed E-state index contributed by atoms with van der Waals surface area (Å²) in [4.78, 5) is 23.3. The van der Waals surface area contributed by atoms with E-state index in [0.717, 1.165) is 5.56 Å². The Hall–Kier alpha value is -2.81. The van der Waals surface area contributed by atoms with Crippen LogP contribution in [0.15, 0.2) is 24.3 Å². The first-order valence-electron chi connectivity index (χ1n) is 7.44. The van der Waals surface area contributed by atoms with Crippen LogP contribution in [0.25, 0.3) is 0 Å². The van der Waals surface area contributed by atoms with Crippen LogP contribution >= 0.6 is 0 Å². The van der Waals surface area contributed by atoms with Crippen LogP contribution in [-0.2, 0) is 16.0 Å². The maximum absolute atomic E-state index is 12.1. The predicted octanol–water partition coefficient (Wildman–Crippen LogP) is -0.905. The summed E-state index contributed by atoms with van der Waals surface area (Å²) in [5.41, 5.74) is 11.7. The first kappa shape index (κ1) is 19.2. The maximum atomic E-state index is 12.1. The van der Waals surface area contributed by atoms with Gasteiger partial charge in [-0.1, -0.05) is 12.1 Å². The fraction of sp³-hybridized carbons (Fsp3) is 0.400. The number of phenols is 1. The molecule has 0 bridgehead atoms. The predicted molar refractivity (Wildman–Crippen MR) is 88.5 cm³/mol. The van der Waals surface area contributed by atoms with Crippen molar-refractivity contribution in [1.82, 2.24) is 10.6 Å². The minimum absolute atomic E-state index is 0.113. The molecule has 2 atom stereocenters. The van der Waals surface area contributed by atoms with Crippen molar-refractivity contribution in [1.29, 1.82) is 5.41 Å². The summed E-state index contributed by atoms with van der Waals surface area (Å²) >= 11 is 0. The second-order valence-corrected chi connectivity index (χ2v) is 5.36. The summed E-state index contributed by atoms with van der Waals surface area (Å²) in [6.45, 7) is 0.342. The van der Waals surface area contributed by atoms with E-state index >= 15 is 0 Å². The Morgan fingerprint density at radius 3 is 2.42 bits per heavy atom. The molecule has 0 heterocycles. The van der Waals surface area contributed by atoms with Crippen molar-refractivity contribution in [3.05, 3.63) is 29.8 Å². The molecule has 0 spiro atoms. The van der Waals surface area contributed by atoms with Gasteiger partial charge in [-0.25, -0.2) is 4.79 Å². The van der Waals surface area contributed by atoms with E-state index in [4.69, 9.17) is 22.0 Å². The highest BCUT2D eigenvalue weighted by Gasteiger charge is 2.23. The summed E-state index contributed by atoms with van der Waals surface area (Å²) < 4.78 is 0. The second-order valence-electron chi connectivity index (χ2n) is 5.36. The smallest absolute Gasteiger partial charge is 0.326 e. The van der Waals surface area contributed by atoms with Crippen LogP contribution in [0.2, 0.25) is 0 Å². The zero-order valence-corrected chi connectivity index (χ0v) is 13.2. The molecule has 132 valence electrons. The Bertz CT molecular complexity index is 576. The number of benzene rings is 1. The molecule has 0 fully saturated rings. The number of aliphatic carboxylic acids is 1. The highest BCUT2D eigenvalue weighted by atomic mass is 16.4. The number of aromatic hydroxyl groups is 1. The number of hydrogen-bond donors (Lipinski definition) is 7. The van der Waals surface area contributed by atoms with Crippen LogP contribution in [0.5, 0.6) is 5.75 Å². The van der Waals surface area contributed by atoms with Crippen LogP contribution in [0.1, 0.15) is 18.4 Å². The minimum atomic E-state index is -1.15. The molecule has 2 unspecified atom stereocenters. The lowest BCUT2D eigenvalue weighted by Crippen LogP contribution is -2.49. The number of nitrogens with one attached hydrogen (secondary N) is 3. The first-order valence-corrected chi connectivity index (χ1v) is 7.44. The molecule has 1 amide bonds. The van der Waals surface area contributed by atoms with Gasteiger partial charge < -0.3 is 32.3 Å². The van der Waals surface area contributed by atoms with Gasteiger partial charge in [-0.05, 0) is 37.0 Å². The number of guanidine groups is 1. The molecule has 0 aliphatic carbocycles. The molecule has 24 heavy (non-hydrogen) atoms. The molecule has 9 nitrogen and oxygen atoms in total. The van der Waals surface area contributed by atoms with Crippen LogP contribution in [0.4, 0.5) is 0 Å². The lowest BCUT2D eigenvalue weighted by molar-refractivity contribution is -0.142. The topological polar surface area (TPSA) is 175 Å². The van der Waals surface area contributed by atoms with Crippen molar-refractivity contribution >= 4 is 17.8 Å². The average molecular weight is 337 g/mol. The summed E-state index contributed by atoms with van der Waals surface area (Å²) in [5, 5.41) is 30.4. The zero-order chi connectivity index (χ0) is 18.1. The zero-order valence-electron chi connectivity index (χ0n) is 13.2. The molecule has 0 aromatic heterocycles. The fourth-order valence-corrected chi connectivity index (χ4v) is 2.04. The molecule has 1 aromatic carbocycles. The molecule has 0 radical (unpaired) electrons. The van der Waals surface area contributed by atoms with Gasteiger partial charge in [0.2, 0.25) is 5.91 Å². The van der Waals surface area contributed by atoms with Gasteiger partial charge in [0.25, 0.3) is 0 Å². The molecule has 1 rings (SSSR count). The van der Waals surface area contributed by atoms with Crippen LogP contribution in [-0.4, -0.2) is 46.7 Å². The van der Waals surface area contributed by atoms with Crippen molar-refractivity contribution in [3.63, 3.8) is 0 Å². The van der Waals surface area contributed by atoms with Crippen LogP contribution in [0, 0.1) is 5.41 Å². The molecule has 0 saturated carbocycles. The van der Waals surface area contributed by atoms with Crippen molar-refractivity contribution in [2.75, 3.05) is 6.54 Å². The highest BCUT2D eigenvalue weighted by Crippen LogP contribution is 2.11. The van der Waals surface area contributed by atoms with Gasteiger partial charge in [0.1, 0.15) is 11.8 Å². The number of amides is 1. The third-order valence-electron chi connectivity index (χ3n) is 3.33. The molecule has 9 N–H and O–H groups in total. The van der Waals surface area contributed by atoms with Gasteiger partial charge in [-0.15, -0.1) is 0 Å². The van der Waals surface area contributed by atoms with E-state index < -0.39 is 24.0 Å². The normalized spacial score (nSPS) is 12.9. The molecule has 0 saturated heterocycles. The van der Waals surface area contributed by atoms with Crippen LogP contribution < -0.4 is 22.1 Å². The number of carboxylic acids is 1. The number of hydrogen-bond acceptors (Lipinski definition) is 5. The van der Waals surface area contributed by atoms with E-state index in [0.29, 0.717) is 13.0 Å². The maximum Gasteiger partial charge on any atom is 0.326 e. The quantitative estimate of drug-likeness (QED) is 0.173. The van der Waals surface area contributed by atoms with E-state index in [1.807, 2.05) is 0 Å². The number of phenolic OH excluding ortho intramolecular Hbond substituents is 1. The third-order valence-corrected chi connectivity index (χ3v) is 3.33. The number of carbonyl (C=O) groups excluding carboxylic acids is 1. The van der Waals surface area contributed by atoms with Gasteiger partial charge >= 0.3 is 5.97 Å². The van der Waals surface area contributed by atoms with E-state index in [9.17, 15) is 14.7 Å². The molecule has 9 heteroatoms. The monoisotopic (exact) mass is 337 g/mol. The number of nitrogens with two attached hydrogens (primary N) is 2. The van der Waals surface area contributed by atoms with Crippen LogP contribution in [0.3, 0.4) is 0 Å². The molecule has 0 aliphatic heterocycles. The van der Waals surface area contributed by atoms with Gasteiger partial charge in [-0.3, -0.25) is 10.2 Å². The van der Waals surface area contributed by atoms with E-state index in [1.54, 1.807) is 12.1 Å². The summed E-state index contributed by atoms with van der Waals surface area (Å²) in [5.74, 6) is -1.79. The molecule has 1 aromatic rings. The number of rotatable bonds is 9. The number of carboxylic acid groups (broad SMARTS) is 1. The Morgan fingerprint density at radius 2 is 1.88 bits per heavy atom. The Morgan fingerprint density at radius 1 is 1.25 bits per heavy atom. The highest BCUT2D eigenvalue weighted by molar-refractivity contribution is 5.87. The SMILES string of the molecule is N=C(N)NCCCC(NC(=O)C(N)Cc1ccc(O)cc1)C(=O)O. The standard InChI is InChI=1S/C15H23N5O4/c16-11(8-9-3-5-10(21)6-4-9)13(22)20-12(14(23)24)2-1-7-19-15(17)18/h3-6,11-12,21H,1-2,7-8,16H2,(H,20,22)(H,23,24)(H4,17,18,19). The van der Waals surface area contributed by atoms with E-state index in [2.05, 4.69) is 10.6 Å². The summed E-state index contributed by atoms with van der Waals surface area (Å²) in [6, 6.07) is 4.31. The van der Waals surface area contributed by atoms with Crippen molar-refractivity contribution in [3.8, 4) is 5.75 Å².